The van der Waals surface area contributed by atoms with Gasteiger partial charge in [0.25, 0.3) is 0 Å². The second-order valence-corrected chi connectivity index (χ2v) is 10.6. The third-order valence-electron chi connectivity index (χ3n) is 7.80. The fourth-order valence-electron chi connectivity index (χ4n) is 6.35. The Kier molecular flexibility index (Phi) is 4.24. The zero-order chi connectivity index (χ0) is 23.1. The van der Waals surface area contributed by atoms with Crippen LogP contribution in [0.2, 0.25) is 0 Å². The number of hydrogen-bond acceptors (Lipinski definition) is 1. The molecule has 2 aliphatic rings. The van der Waals surface area contributed by atoms with E-state index < -0.39 is 0 Å². The number of fused-ring (bicyclic) bond motifs is 4. The van der Waals surface area contributed by atoms with Crippen LogP contribution in [0, 0.1) is 27.7 Å². The summed E-state index contributed by atoms with van der Waals surface area (Å²) in [6, 6.07) is 27.7. The highest BCUT2D eigenvalue weighted by Crippen LogP contribution is 2.43. The zero-order valence-electron chi connectivity index (χ0n) is 20.5. The molecule has 0 N–H and O–H groups in total. The molecule has 0 spiro atoms. The SMILES string of the molecule is Cc1ccc(N2c3ccc(C)cc3B3c4cc(C)ccc4C(C)(C)c4c(C)ccc2c43)cc1. The van der Waals surface area contributed by atoms with E-state index >= 15 is 0 Å². The maximum atomic E-state index is 2.49. The molecule has 0 unspecified atom stereocenters. The van der Waals surface area contributed by atoms with Crippen LogP contribution < -0.4 is 21.3 Å². The van der Waals surface area contributed by atoms with Crippen LogP contribution in [0.1, 0.15) is 47.2 Å². The highest BCUT2D eigenvalue weighted by Gasteiger charge is 2.46. The fourth-order valence-corrected chi connectivity index (χ4v) is 6.35. The van der Waals surface area contributed by atoms with Gasteiger partial charge in [0.1, 0.15) is 0 Å². The Labute approximate surface area is 198 Å². The van der Waals surface area contributed by atoms with Crippen molar-refractivity contribution in [2.24, 2.45) is 0 Å². The largest absolute Gasteiger partial charge is 0.312 e. The van der Waals surface area contributed by atoms with E-state index in [2.05, 4.69) is 119 Å². The summed E-state index contributed by atoms with van der Waals surface area (Å²) < 4.78 is 0. The highest BCUT2D eigenvalue weighted by atomic mass is 15.1. The van der Waals surface area contributed by atoms with Gasteiger partial charge >= 0.3 is 0 Å². The summed E-state index contributed by atoms with van der Waals surface area (Å²) >= 11 is 0. The van der Waals surface area contributed by atoms with E-state index in [1.807, 2.05) is 0 Å². The molecule has 33 heavy (non-hydrogen) atoms. The maximum absolute atomic E-state index is 2.49. The van der Waals surface area contributed by atoms with Gasteiger partial charge in [-0.15, -0.1) is 0 Å². The Bertz CT molecular complexity index is 1430. The maximum Gasteiger partial charge on any atom is 0.247 e. The minimum atomic E-state index is -0.0464. The molecule has 4 aromatic carbocycles. The molecule has 0 saturated heterocycles. The molecule has 2 heterocycles. The average Bonchev–Trinajstić information content (AvgIpc) is 2.77. The molecule has 0 amide bonds. The predicted molar refractivity (Wildman–Crippen MR) is 143 cm³/mol. The zero-order valence-corrected chi connectivity index (χ0v) is 20.5. The summed E-state index contributed by atoms with van der Waals surface area (Å²) in [5.74, 6) is 0. The van der Waals surface area contributed by atoms with Crippen molar-refractivity contribution in [1.29, 1.82) is 0 Å². The van der Waals surface area contributed by atoms with Gasteiger partial charge in [0.15, 0.2) is 0 Å². The van der Waals surface area contributed by atoms with Crippen LogP contribution in [0.3, 0.4) is 0 Å². The number of rotatable bonds is 1. The predicted octanol–water partition coefficient (Wildman–Crippen LogP) is 5.86. The van der Waals surface area contributed by atoms with Gasteiger partial charge in [0.05, 0.1) is 0 Å². The Morgan fingerprint density at radius 2 is 1.24 bits per heavy atom. The van der Waals surface area contributed by atoms with E-state index in [4.69, 9.17) is 0 Å². The second-order valence-electron chi connectivity index (χ2n) is 10.6. The van der Waals surface area contributed by atoms with Crippen molar-refractivity contribution < 1.29 is 0 Å². The molecule has 6 rings (SSSR count). The number of hydrogen-bond donors (Lipinski definition) is 0. The van der Waals surface area contributed by atoms with Crippen molar-refractivity contribution in [2.75, 3.05) is 4.90 Å². The Hall–Kier alpha value is -3.26. The lowest BCUT2D eigenvalue weighted by atomic mass is 9.30. The van der Waals surface area contributed by atoms with E-state index in [1.165, 1.54) is 66.8 Å². The summed E-state index contributed by atoms with van der Waals surface area (Å²) in [6.45, 7) is 13.9. The third kappa shape index (κ3) is 2.80. The van der Waals surface area contributed by atoms with E-state index in [1.54, 1.807) is 0 Å². The number of aryl methyl sites for hydroxylation is 4. The lowest BCUT2D eigenvalue weighted by Gasteiger charge is -2.46. The first-order valence-corrected chi connectivity index (χ1v) is 12.0. The van der Waals surface area contributed by atoms with Crippen molar-refractivity contribution in [2.45, 2.75) is 47.0 Å². The van der Waals surface area contributed by atoms with Crippen LogP contribution in [0.5, 0.6) is 0 Å². The normalized spacial score (nSPS) is 15.1. The van der Waals surface area contributed by atoms with Gasteiger partial charge in [-0.2, -0.15) is 0 Å². The van der Waals surface area contributed by atoms with E-state index in [0.29, 0.717) is 0 Å². The molecular weight excluding hydrogens is 397 g/mol. The summed E-state index contributed by atoms with van der Waals surface area (Å²) in [6.07, 6.45) is 0. The van der Waals surface area contributed by atoms with E-state index in [9.17, 15) is 0 Å². The van der Waals surface area contributed by atoms with E-state index in [0.717, 1.165) is 0 Å². The topological polar surface area (TPSA) is 3.24 Å². The molecule has 4 aromatic rings. The number of benzene rings is 4. The molecule has 2 heteroatoms. The standard InChI is InChI=1S/C31H30BN/c1-19-7-12-23(13-8-19)33-27-15-10-21(3)18-26(27)32-25-17-20(2)9-14-24(25)31(5,6)29-22(4)11-16-28(33)30(29)32/h7-18H,1-6H3. The van der Waals surface area contributed by atoms with Gasteiger partial charge in [0.2, 0.25) is 6.71 Å². The van der Waals surface area contributed by atoms with Crippen LogP contribution in [0.15, 0.2) is 72.8 Å². The summed E-state index contributed by atoms with van der Waals surface area (Å²) in [4.78, 5) is 2.49. The quantitative estimate of drug-likeness (QED) is 0.303. The van der Waals surface area contributed by atoms with Crippen molar-refractivity contribution in [1.82, 2.24) is 0 Å². The van der Waals surface area contributed by atoms with Gasteiger partial charge in [-0.3, -0.25) is 0 Å². The molecule has 1 nitrogen and oxygen atoms in total. The average molecular weight is 427 g/mol. The minimum absolute atomic E-state index is 0.0464. The van der Waals surface area contributed by atoms with Crippen LogP contribution in [0.25, 0.3) is 0 Å². The lowest BCUT2D eigenvalue weighted by molar-refractivity contribution is 0.641. The summed E-state index contributed by atoms with van der Waals surface area (Å²) in [7, 11) is 0. The molecule has 0 saturated carbocycles. The Balaban J connectivity index is 1.76. The van der Waals surface area contributed by atoms with Crippen LogP contribution in [0.4, 0.5) is 17.1 Å². The fraction of sp³-hybridized carbons (Fsp3) is 0.226. The Morgan fingerprint density at radius 1 is 0.636 bits per heavy atom. The smallest absolute Gasteiger partial charge is 0.247 e. The van der Waals surface area contributed by atoms with Crippen molar-refractivity contribution in [3.05, 3.63) is 106 Å². The van der Waals surface area contributed by atoms with Gasteiger partial charge in [0, 0.05) is 22.5 Å². The molecular formula is C31H30BN. The first-order valence-electron chi connectivity index (χ1n) is 12.0. The lowest BCUT2D eigenvalue weighted by Crippen LogP contribution is -2.64. The van der Waals surface area contributed by atoms with Gasteiger partial charge in [-0.25, -0.2) is 0 Å². The van der Waals surface area contributed by atoms with Gasteiger partial charge in [-0.05, 0) is 79.6 Å². The second kappa shape index (κ2) is 6.87. The van der Waals surface area contributed by atoms with Crippen molar-refractivity contribution in [3.63, 3.8) is 0 Å². The van der Waals surface area contributed by atoms with E-state index in [-0.39, 0.29) is 12.1 Å². The van der Waals surface area contributed by atoms with Gasteiger partial charge < -0.3 is 4.90 Å². The molecule has 0 aliphatic carbocycles. The van der Waals surface area contributed by atoms with Crippen molar-refractivity contribution >= 4 is 40.2 Å². The molecule has 0 aromatic heterocycles. The molecule has 0 radical (unpaired) electrons. The molecule has 2 aliphatic heterocycles. The van der Waals surface area contributed by atoms with Crippen LogP contribution >= 0.6 is 0 Å². The monoisotopic (exact) mass is 427 g/mol. The van der Waals surface area contributed by atoms with Crippen LogP contribution in [-0.2, 0) is 5.41 Å². The summed E-state index contributed by atoms with van der Waals surface area (Å²) in [5, 5.41) is 0. The van der Waals surface area contributed by atoms with Gasteiger partial charge in [-0.1, -0.05) is 84.5 Å². The highest BCUT2D eigenvalue weighted by molar-refractivity contribution is 6.99. The minimum Gasteiger partial charge on any atom is -0.312 e. The molecule has 0 fully saturated rings. The molecule has 0 atom stereocenters. The van der Waals surface area contributed by atoms with Crippen LogP contribution in [-0.4, -0.2) is 6.71 Å². The first-order chi connectivity index (χ1) is 15.8. The summed E-state index contributed by atoms with van der Waals surface area (Å²) in [5.41, 5.74) is 16.4. The number of anilines is 3. The third-order valence-corrected chi connectivity index (χ3v) is 7.80. The molecule has 162 valence electrons. The Morgan fingerprint density at radius 3 is 1.97 bits per heavy atom. The number of nitrogens with zero attached hydrogens (tertiary/aromatic N) is 1. The molecule has 0 bridgehead atoms. The van der Waals surface area contributed by atoms with Crippen molar-refractivity contribution in [3.8, 4) is 0 Å². The first kappa shape index (κ1) is 20.4.